The second-order valence-corrected chi connectivity index (χ2v) is 6.29. The van der Waals surface area contributed by atoms with Crippen LogP contribution in [0.2, 0.25) is 0 Å². The predicted molar refractivity (Wildman–Crippen MR) is 78.2 cm³/mol. The first kappa shape index (κ1) is 12.8. The van der Waals surface area contributed by atoms with Gasteiger partial charge in [0.2, 0.25) is 0 Å². The Morgan fingerprint density at radius 3 is 3.05 bits per heavy atom. The molecule has 0 amide bonds. The average molecular weight is 273 g/mol. The summed E-state index contributed by atoms with van der Waals surface area (Å²) < 4.78 is 0. The Labute approximate surface area is 118 Å². The lowest BCUT2D eigenvalue weighted by Crippen LogP contribution is -2.18. The van der Waals surface area contributed by atoms with E-state index in [0.717, 1.165) is 12.2 Å². The Bertz CT molecular complexity index is 512. The van der Waals surface area contributed by atoms with E-state index in [9.17, 15) is 0 Å². The van der Waals surface area contributed by atoms with E-state index in [1.165, 1.54) is 30.6 Å². The van der Waals surface area contributed by atoms with Gasteiger partial charge >= 0.3 is 0 Å². The van der Waals surface area contributed by atoms with Crippen molar-refractivity contribution in [3.05, 3.63) is 45.4 Å². The first-order valence-electron chi connectivity index (χ1n) is 6.94. The first-order chi connectivity index (χ1) is 9.33. The Kier molecular flexibility index (Phi) is 3.89. The summed E-state index contributed by atoms with van der Waals surface area (Å²) in [6.45, 7) is 3.01. The number of rotatable bonds is 4. The lowest BCUT2D eigenvalue weighted by Gasteiger charge is -2.11. The monoisotopic (exact) mass is 273 g/mol. The molecule has 0 saturated carbocycles. The summed E-state index contributed by atoms with van der Waals surface area (Å²) in [5, 5.41) is 11.5. The molecule has 0 fully saturated rings. The number of nitrogens with zero attached hydrogens (tertiary/aromatic N) is 2. The van der Waals surface area contributed by atoms with Gasteiger partial charge < -0.3 is 5.32 Å². The maximum atomic E-state index is 4.10. The van der Waals surface area contributed by atoms with Gasteiger partial charge in [-0.2, -0.15) is 10.2 Å². The summed E-state index contributed by atoms with van der Waals surface area (Å²) in [5.41, 5.74) is 2.58. The van der Waals surface area contributed by atoms with E-state index in [0.29, 0.717) is 6.04 Å². The lowest BCUT2D eigenvalue weighted by molar-refractivity contribution is 0.571. The van der Waals surface area contributed by atoms with Crippen molar-refractivity contribution in [1.82, 2.24) is 15.5 Å². The van der Waals surface area contributed by atoms with Gasteiger partial charge in [0.05, 0.1) is 5.69 Å². The zero-order valence-electron chi connectivity index (χ0n) is 11.2. The Balaban J connectivity index is 1.64. The number of fused-ring (bicyclic) bond motifs is 1. The van der Waals surface area contributed by atoms with Gasteiger partial charge in [0, 0.05) is 28.5 Å². The van der Waals surface area contributed by atoms with Crippen molar-refractivity contribution in [3.8, 4) is 0 Å². The topological polar surface area (TPSA) is 37.8 Å². The molecule has 19 heavy (non-hydrogen) atoms. The third-order valence-electron chi connectivity index (χ3n) is 3.66. The molecule has 2 heterocycles. The maximum Gasteiger partial charge on any atom is 0.0769 e. The summed E-state index contributed by atoms with van der Waals surface area (Å²) in [6.07, 6.45) is 6.96. The van der Waals surface area contributed by atoms with Crippen LogP contribution in [0.25, 0.3) is 0 Å². The van der Waals surface area contributed by atoms with E-state index in [1.807, 2.05) is 23.5 Å². The molecule has 100 valence electrons. The fraction of sp³-hybridized carbons (Fsp3) is 0.467. The lowest BCUT2D eigenvalue weighted by atomic mass is 9.99. The molecule has 2 aromatic rings. The fourth-order valence-corrected chi connectivity index (χ4v) is 3.80. The van der Waals surface area contributed by atoms with Crippen LogP contribution in [0, 0.1) is 0 Å². The Hall–Kier alpha value is -1.26. The number of aromatic nitrogens is 2. The number of nitrogens with one attached hydrogen (secondary N) is 1. The molecule has 0 bridgehead atoms. The van der Waals surface area contributed by atoms with Crippen molar-refractivity contribution in [2.24, 2.45) is 0 Å². The van der Waals surface area contributed by atoms with Crippen LogP contribution in [0.5, 0.6) is 0 Å². The zero-order chi connectivity index (χ0) is 13.1. The fourth-order valence-electron chi connectivity index (χ4n) is 2.51. The molecule has 3 nitrogen and oxygen atoms in total. The molecule has 0 radical (unpaired) electrons. The van der Waals surface area contributed by atoms with E-state index in [1.54, 1.807) is 16.6 Å². The molecule has 4 heteroatoms. The SMILES string of the molecule is CC(NCc1cccnn1)c1cc2c(s1)CCCC2. The van der Waals surface area contributed by atoms with Gasteiger partial charge in [0.15, 0.2) is 0 Å². The summed E-state index contributed by atoms with van der Waals surface area (Å²) in [6, 6.07) is 6.72. The van der Waals surface area contributed by atoms with Gasteiger partial charge in [-0.1, -0.05) is 0 Å². The zero-order valence-corrected chi connectivity index (χ0v) is 12.0. The molecule has 1 aliphatic carbocycles. The third kappa shape index (κ3) is 3.01. The van der Waals surface area contributed by atoms with Crippen molar-refractivity contribution in [2.45, 2.75) is 45.2 Å². The van der Waals surface area contributed by atoms with E-state index in [4.69, 9.17) is 0 Å². The van der Waals surface area contributed by atoms with Crippen molar-refractivity contribution in [2.75, 3.05) is 0 Å². The van der Waals surface area contributed by atoms with Gasteiger partial charge in [0.1, 0.15) is 0 Å². The van der Waals surface area contributed by atoms with Gasteiger partial charge in [-0.3, -0.25) is 0 Å². The summed E-state index contributed by atoms with van der Waals surface area (Å²) in [7, 11) is 0. The molecule has 1 atom stereocenters. The molecule has 1 N–H and O–H groups in total. The molecule has 3 rings (SSSR count). The number of thiophene rings is 1. The molecule has 0 aromatic carbocycles. The average Bonchev–Trinajstić information content (AvgIpc) is 2.90. The van der Waals surface area contributed by atoms with Crippen molar-refractivity contribution in [3.63, 3.8) is 0 Å². The van der Waals surface area contributed by atoms with Gasteiger partial charge in [-0.25, -0.2) is 0 Å². The molecule has 0 saturated heterocycles. The smallest absolute Gasteiger partial charge is 0.0769 e. The van der Waals surface area contributed by atoms with Crippen LogP contribution in [-0.4, -0.2) is 10.2 Å². The first-order valence-corrected chi connectivity index (χ1v) is 7.76. The standard InChI is InChI=1S/C15H19N3S/c1-11(16-10-13-6-4-8-17-18-13)15-9-12-5-2-3-7-14(12)19-15/h4,6,8-9,11,16H,2-3,5,7,10H2,1H3. The van der Waals surface area contributed by atoms with Crippen LogP contribution in [0.15, 0.2) is 24.4 Å². The molecular formula is C15H19N3S. The van der Waals surface area contributed by atoms with Crippen LogP contribution in [0.3, 0.4) is 0 Å². The largest absolute Gasteiger partial charge is 0.304 e. The van der Waals surface area contributed by atoms with E-state index in [2.05, 4.69) is 28.5 Å². The Morgan fingerprint density at radius 2 is 2.26 bits per heavy atom. The van der Waals surface area contributed by atoms with Crippen molar-refractivity contribution >= 4 is 11.3 Å². The third-order valence-corrected chi connectivity index (χ3v) is 5.08. The van der Waals surface area contributed by atoms with Crippen LogP contribution in [0.4, 0.5) is 0 Å². The highest BCUT2D eigenvalue weighted by Crippen LogP contribution is 2.32. The van der Waals surface area contributed by atoms with Gasteiger partial charge in [-0.15, -0.1) is 11.3 Å². The van der Waals surface area contributed by atoms with E-state index >= 15 is 0 Å². The number of hydrogen-bond acceptors (Lipinski definition) is 4. The summed E-state index contributed by atoms with van der Waals surface area (Å²) >= 11 is 1.98. The minimum Gasteiger partial charge on any atom is -0.304 e. The summed E-state index contributed by atoms with van der Waals surface area (Å²) in [4.78, 5) is 3.06. The normalized spacial score (nSPS) is 16.1. The Morgan fingerprint density at radius 1 is 1.37 bits per heavy atom. The van der Waals surface area contributed by atoms with E-state index in [-0.39, 0.29) is 0 Å². The number of hydrogen-bond donors (Lipinski definition) is 1. The minimum atomic E-state index is 0.387. The van der Waals surface area contributed by atoms with Gasteiger partial charge in [0.25, 0.3) is 0 Å². The van der Waals surface area contributed by atoms with Crippen LogP contribution in [-0.2, 0) is 19.4 Å². The molecule has 1 aliphatic rings. The summed E-state index contributed by atoms with van der Waals surface area (Å²) in [5.74, 6) is 0. The second-order valence-electron chi connectivity index (χ2n) is 5.12. The molecule has 0 spiro atoms. The van der Waals surface area contributed by atoms with Crippen molar-refractivity contribution in [1.29, 1.82) is 0 Å². The predicted octanol–water partition coefficient (Wildman–Crippen LogP) is 3.27. The van der Waals surface area contributed by atoms with Crippen LogP contribution < -0.4 is 5.32 Å². The number of aryl methyl sites for hydroxylation is 2. The second kappa shape index (κ2) is 5.80. The maximum absolute atomic E-state index is 4.10. The molecule has 2 aromatic heterocycles. The highest BCUT2D eigenvalue weighted by atomic mass is 32.1. The van der Waals surface area contributed by atoms with Crippen LogP contribution >= 0.6 is 11.3 Å². The molecule has 1 unspecified atom stereocenters. The quantitative estimate of drug-likeness (QED) is 0.929. The van der Waals surface area contributed by atoms with Crippen molar-refractivity contribution < 1.29 is 0 Å². The molecular weight excluding hydrogens is 254 g/mol. The minimum absolute atomic E-state index is 0.387. The highest BCUT2D eigenvalue weighted by molar-refractivity contribution is 7.12. The highest BCUT2D eigenvalue weighted by Gasteiger charge is 2.16. The molecule has 0 aliphatic heterocycles. The van der Waals surface area contributed by atoms with E-state index < -0.39 is 0 Å². The van der Waals surface area contributed by atoms with Gasteiger partial charge in [-0.05, 0) is 56.4 Å². The van der Waals surface area contributed by atoms with Crippen LogP contribution in [0.1, 0.15) is 46.8 Å².